The maximum Gasteiger partial charge on any atom is 0.321 e. The monoisotopic (exact) mass is 259 g/mol. The van der Waals surface area contributed by atoms with Crippen LogP contribution < -0.4 is 15.5 Å². The van der Waals surface area contributed by atoms with Crippen LogP contribution in [0.5, 0.6) is 0 Å². The van der Waals surface area contributed by atoms with Crippen LogP contribution in [0.1, 0.15) is 19.3 Å². The lowest BCUT2D eigenvalue weighted by atomic mass is 9.85. The van der Waals surface area contributed by atoms with Crippen molar-refractivity contribution in [2.75, 3.05) is 23.3 Å². The molecule has 1 saturated carbocycles. The molecule has 1 aliphatic carbocycles. The molecule has 0 aromatic heterocycles. The Labute approximate surface area is 112 Å². The SMILES string of the molecule is O=C(Nc1ccc(N2CCNC2=O)cc1)C1CCC1. The third-order valence-electron chi connectivity index (χ3n) is 3.78. The van der Waals surface area contributed by atoms with Gasteiger partial charge < -0.3 is 10.6 Å². The maximum absolute atomic E-state index is 11.8. The van der Waals surface area contributed by atoms with Crippen molar-refractivity contribution in [3.63, 3.8) is 0 Å². The Kier molecular flexibility index (Phi) is 3.11. The molecule has 19 heavy (non-hydrogen) atoms. The fourth-order valence-electron chi connectivity index (χ4n) is 2.36. The molecule has 1 aliphatic heterocycles. The molecule has 2 N–H and O–H groups in total. The number of benzene rings is 1. The van der Waals surface area contributed by atoms with E-state index in [2.05, 4.69) is 10.6 Å². The average molecular weight is 259 g/mol. The highest BCUT2D eigenvalue weighted by atomic mass is 16.2. The smallest absolute Gasteiger partial charge is 0.321 e. The fraction of sp³-hybridized carbons (Fsp3) is 0.429. The Hall–Kier alpha value is -2.04. The average Bonchev–Trinajstić information content (AvgIpc) is 2.74. The molecule has 1 aromatic carbocycles. The number of amides is 3. The minimum atomic E-state index is -0.0637. The number of rotatable bonds is 3. The zero-order valence-corrected chi connectivity index (χ0v) is 10.7. The molecule has 0 atom stereocenters. The third-order valence-corrected chi connectivity index (χ3v) is 3.78. The van der Waals surface area contributed by atoms with Crippen molar-refractivity contribution in [2.45, 2.75) is 19.3 Å². The Bertz CT molecular complexity index is 494. The molecule has 1 aromatic rings. The van der Waals surface area contributed by atoms with E-state index in [1.165, 1.54) is 0 Å². The van der Waals surface area contributed by atoms with Gasteiger partial charge >= 0.3 is 6.03 Å². The first-order valence-electron chi connectivity index (χ1n) is 6.70. The summed E-state index contributed by atoms with van der Waals surface area (Å²) in [5.41, 5.74) is 1.65. The minimum absolute atomic E-state index is 0.0637. The molecule has 2 fully saturated rings. The standard InChI is InChI=1S/C14H17N3O2/c18-13(10-2-1-3-10)16-11-4-6-12(7-5-11)17-9-8-15-14(17)19/h4-7,10H,1-3,8-9H2,(H,15,19)(H,16,18). The molecular formula is C14H17N3O2. The Morgan fingerprint density at radius 1 is 1.26 bits per heavy atom. The number of nitrogens with one attached hydrogen (secondary N) is 2. The van der Waals surface area contributed by atoms with E-state index in [1.54, 1.807) is 4.90 Å². The van der Waals surface area contributed by atoms with Gasteiger partial charge in [-0.3, -0.25) is 9.69 Å². The number of hydrogen-bond donors (Lipinski definition) is 2. The number of carbonyl (C=O) groups excluding carboxylic acids is 2. The van der Waals surface area contributed by atoms with Crippen molar-refractivity contribution in [1.29, 1.82) is 0 Å². The van der Waals surface area contributed by atoms with Crippen molar-refractivity contribution >= 4 is 23.3 Å². The lowest BCUT2D eigenvalue weighted by Gasteiger charge is -2.24. The van der Waals surface area contributed by atoms with Gasteiger partial charge in [0.15, 0.2) is 0 Å². The summed E-state index contributed by atoms with van der Waals surface area (Å²) in [5.74, 6) is 0.293. The van der Waals surface area contributed by atoms with E-state index in [0.29, 0.717) is 13.1 Å². The van der Waals surface area contributed by atoms with Crippen molar-refractivity contribution in [3.05, 3.63) is 24.3 Å². The summed E-state index contributed by atoms with van der Waals surface area (Å²) in [4.78, 5) is 25.0. The molecule has 0 radical (unpaired) electrons. The van der Waals surface area contributed by atoms with E-state index < -0.39 is 0 Å². The predicted molar refractivity (Wildman–Crippen MR) is 73.2 cm³/mol. The van der Waals surface area contributed by atoms with Crippen molar-refractivity contribution in [2.24, 2.45) is 5.92 Å². The van der Waals surface area contributed by atoms with E-state index in [4.69, 9.17) is 0 Å². The summed E-state index contributed by atoms with van der Waals surface area (Å²) in [6.07, 6.45) is 3.15. The minimum Gasteiger partial charge on any atom is -0.336 e. The normalized spacial score (nSPS) is 18.9. The lowest BCUT2D eigenvalue weighted by Crippen LogP contribution is -2.28. The van der Waals surface area contributed by atoms with E-state index in [-0.39, 0.29) is 17.9 Å². The van der Waals surface area contributed by atoms with Crippen LogP contribution in [0.15, 0.2) is 24.3 Å². The van der Waals surface area contributed by atoms with Gasteiger partial charge in [0.25, 0.3) is 0 Å². The second kappa shape index (κ2) is 4.91. The van der Waals surface area contributed by atoms with Crippen LogP contribution in [-0.4, -0.2) is 25.0 Å². The maximum atomic E-state index is 11.8. The van der Waals surface area contributed by atoms with Gasteiger partial charge in [0.1, 0.15) is 0 Å². The third kappa shape index (κ3) is 2.41. The Morgan fingerprint density at radius 3 is 2.53 bits per heavy atom. The second-order valence-corrected chi connectivity index (χ2v) is 5.05. The number of urea groups is 1. The molecular weight excluding hydrogens is 242 g/mol. The first-order chi connectivity index (χ1) is 9.24. The van der Waals surface area contributed by atoms with Gasteiger partial charge in [0, 0.05) is 30.4 Å². The highest BCUT2D eigenvalue weighted by molar-refractivity contribution is 5.95. The summed E-state index contributed by atoms with van der Waals surface area (Å²) >= 11 is 0. The summed E-state index contributed by atoms with van der Waals surface area (Å²) < 4.78 is 0. The Morgan fingerprint density at radius 2 is 2.00 bits per heavy atom. The molecule has 0 bridgehead atoms. The first-order valence-corrected chi connectivity index (χ1v) is 6.70. The van der Waals surface area contributed by atoms with Crippen LogP contribution in [0, 0.1) is 5.92 Å². The zero-order valence-electron chi connectivity index (χ0n) is 10.7. The van der Waals surface area contributed by atoms with Crippen LogP contribution in [0.4, 0.5) is 16.2 Å². The zero-order chi connectivity index (χ0) is 13.2. The Balaban J connectivity index is 1.65. The predicted octanol–water partition coefficient (Wildman–Crippen LogP) is 1.95. The van der Waals surface area contributed by atoms with E-state index >= 15 is 0 Å². The molecule has 3 rings (SSSR count). The number of nitrogens with zero attached hydrogens (tertiary/aromatic N) is 1. The molecule has 100 valence electrons. The van der Waals surface area contributed by atoms with Crippen LogP contribution in [0.3, 0.4) is 0 Å². The summed E-state index contributed by atoms with van der Waals surface area (Å²) in [5, 5.41) is 5.68. The van der Waals surface area contributed by atoms with E-state index in [1.807, 2.05) is 24.3 Å². The highest BCUT2D eigenvalue weighted by Crippen LogP contribution is 2.28. The quantitative estimate of drug-likeness (QED) is 0.871. The van der Waals surface area contributed by atoms with Gasteiger partial charge in [-0.15, -0.1) is 0 Å². The van der Waals surface area contributed by atoms with Crippen LogP contribution in [0.25, 0.3) is 0 Å². The molecule has 5 nitrogen and oxygen atoms in total. The number of carbonyl (C=O) groups is 2. The number of hydrogen-bond acceptors (Lipinski definition) is 2. The molecule has 1 saturated heterocycles. The second-order valence-electron chi connectivity index (χ2n) is 5.05. The topological polar surface area (TPSA) is 61.4 Å². The van der Waals surface area contributed by atoms with Gasteiger partial charge in [-0.2, -0.15) is 0 Å². The fourth-order valence-corrected chi connectivity index (χ4v) is 2.36. The summed E-state index contributed by atoms with van der Waals surface area (Å²) in [6, 6.07) is 7.35. The van der Waals surface area contributed by atoms with Crippen molar-refractivity contribution in [3.8, 4) is 0 Å². The largest absolute Gasteiger partial charge is 0.336 e. The van der Waals surface area contributed by atoms with Gasteiger partial charge in [-0.1, -0.05) is 6.42 Å². The van der Waals surface area contributed by atoms with Crippen LogP contribution in [0.2, 0.25) is 0 Å². The molecule has 0 spiro atoms. The molecule has 0 unspecified atom stereocenters. The van der Waals surface area contributed by atoms with E-state index in [0.717, 1.165) is 30.6 Å². The summed E-state index contributed by atoms with van der Waals surface area (Å²) in [7, 11) is 0. The van der Waals surface area contributed by atoms with Crippen LogP contribution in [-0.2, 0) is 4.79 Å². The first kappa shape index (κ1) is 12.0. The highest BCUT2D eigenvalue weighted by Gasteiger charge is 2.25. The molecule has 2 aliphatic rings. The van der Waals surface area contributed by atoms with Crippen LogP contribution >= 0.6 is 0 Å². The number of anilines is 2. The van der Waals surface area contributed by atoms with Gasteiger partial charge in [0.2, 0.25) is 5.91 Å². The molecule has 1 heterocycles. The van der Waals surface area contributed by atoms with Gasteiger partial charge in [0.05, 0.1) is 0 Å². The summed E-state index contributed by atoms with van der Waals surface area (Å²) in [6.45, 7) is 1.37. The van der Waals surface area contributed by atoms with Gasteiger partial charge in [-0.05, 0) is 37.1 Å². The lowest BCUT2D eigenvalue weighted by molar-refractivity contribution is -0.122. The van der Waals surface area contributed by atoms with Crippen molar-refractivity contribution in [1.82, 2.24) is 5.32 Å². The van der Waals surface area contributed by atoms with Crippen molar-refractivity contribution < 1.29 is 9.59 Å². The van der Waals surface area contributed by atoms with E-state index in [9.17, 15) is 9.59 Å². The molecule has 3 amide bonds. The molecule has 5 heteroatoms. The van der Waals surface area contributed by atoms with Gasteiger partial charge in [-0.25, -0.2) is 4.79 Å².